The molecule has 0 radical (unpaired) electrons. The Labute approximate surface area is 325 Å². The molecule has 4 heteroatoms. The Morgan fingerprint density at radius 3 is 1.64 bits per heavy atom. The van der Waals surface area contributed by atoms with E-state index in [9.17, 15) is 0 Å². The molecule has 2 aliphatic rings. The number of allylic oxidation sites excluding steroid dienone is 3. The Balaban J connectivity index is 1.03. The van der Waals surface area contributed by atoms with Crippen LogP contribution in [0.15, 0.2) is 188 Å². The minimum atomic E-state index is 0.648. The van der Waals surface area contributed by atoms with Crippen molar-refractivity contribution in [3.63, 3.8) is 0 Å². The monoisotopic (exact) mass is 714 g/mol. The molecule has 9 aromatic rings. The van der Waals surface area contributed by atoms with E-state index in [4.69, 9.17) is 15.0 Å². The third-order valence-corrected chi connectivity index (χ3v) is 11.1. The molecule has 2 aromatic heterocycles. The Morgan fingerprint density at radius 2 is 0.946 bits per heavy atom. The van der Waals surface area contributed by atoms with Crippen LogP contribution in [-0.2, 0) is 6.42 Å². The highest BCUT2D eigenvalue weighted by Gasteiger charge is 2.30. The molecule has 2 aliphatic carbocycles. The normalized spacial score (nSPS) is 12.6. The summed E-state index contributed by atoms with van der Waals surface area (Å²) in [6.07, 6.45) is 7.90. The van der Waals surface area contributed by atoms with E-state index in [1.165, 1.54) is 66.8 Å². The summed E-state index contributed by atoms with van der Waals surface area (Å²) in [7, 11) is 0. The molecule has 0 N–H and O–H groups in total. The fraction of sp³-hybridized carbons (Fsp3) is 0.0192. The second-order valence-corrected chi connectivity index (χ2v) is 14.3. The van der Waals surface area contributed by atoms with Crippen molar-refractivity contribution in [3.8, 4) is 73.2 Å². The smallest absolute Gasteiger partial charge is 0.164 e. The topological polar surface area (TPSA) is 43.6 Å². The van der Waals surface area contributed by atoms with Gasteiger partial charge in [-0.15, -0.1) is 0 Å². The zero-order valence-corrected chi connectivity index (χ0v) is 30.5. The highest BCUT2D eigenvalue weighted by Crippen LogP contribution is 2.55. The van der Waals surface area contributed by atoms with E-state index in [0.29, 0.717) is 17.5 Å². The second kappa shape index (κ2) is 13.2. The van der Waals surface area contributed by atoms with Crippen LogP contribution in [0.1, 0.15) is 16.8 Å². The summed E-state index contributed by atoms with van der Waals surface area (Å²) < 4.78 is 2.43. The van der Waals surface area contributed by atoms with Gasteiger partial charge in [0.25, 0.3) is 0 Å². The van der Waals surface area contributed by atoms with Crippen LogP contribution in [0, 0.1) is 0 Å². The van der Waals surface area contributed by atoms with Crippen LogP contribution in [0.5, 0.6) is 0 Å². The minimum Gasteiger partial charge on any atom is -0.313 e. The molecule has 0 amide bonds. The van der Waals surface area contributed by atoms with Crippen LogP contribution < -0.4 is 0 Å². The van der Waals surface area contributed by atoms with Crippen LogP contribution in [0.3, 0.4) is 0 Å². The fourth-order valence-electron chi connectivity index (χ4n) is 8.49. The molecule has 11 rings (SSSR count). The van der Waals surface area contributed by atoms with Crippen LogP contribution in [0.25, 0.3) is 95.8 Å². The van der Waals surface area contributed by atoms with Crippen molar-refractivity contribution in [2.24, 2.45) is 0 Å². The highest BCUT2D eigenvalue weighted by molar-refractivity contribution is 6.14. The van der Waals surface area contributed by atoms with Crippen molar-refractivity contribution in [2.75, 3.05) is 0 Å². The lowest BCUT2D eigenvalue weighted by atomic mass is 9.73. The van der Waals surface area contributed by atoms with Gasteiger partial charge in [0.2, 0.25) is 0 Å². The van der Waals surface area contributed by atoms with E-state index in [1.54, 1.807) is 0 Å². The van der Waals surface area contributed by atoms with Gasteiger partial charge in [0.1, 0.15) is 0 Å². The second-order valence-electron chi connectivity index (χ2n) is 14.3. The standard InChI is InChI=1S/C52H34N4/c1-4-16-34(17-5-1)50-53-51(35-18-6-2-7-19-35)55-52(54-50)38-22-12-20-36(32-38)40-26-14-28-43-44-29-15-27-41(49(44)48(40)43)37-21-13-31-47-45(33-37)42-25-10-11-30-46(42)56(47)39-23-8-3-9-24-39/h1-30,32-33H,31H2. The molecule has 2 heterocycles. The molecule has 0 bridgehead atoms. The average Bonchev–Trinajstić information content (AvgIpc) is 3.41. The maximum absolute atomic E-state index is 5.03. The van der Waals surface area contributed by atoms with Crippen molar-refractivity contribution in [1.29, 1.82) is 0 Å². The lowest BCUT2D eigenvalue weighted by molar-refractivity contribution is 1.00. The van der Waals surface area contributed by atoms with Gasteiger partial charge in [-0.3, -0.25) is 0 Å². The van der Waals surface area contributed by atoms with Crippen molar-refractivity contribution >= 4 is 22.6 Å². The third-order valence-electron chi connectivity index (χ3n) is 11.1. The summed E-state index contributed by atoms with van der Waals surface area (Å²) in [4.78, 5) is 15.0. The quantitative estimate of drug-likeness (QED) is 0.172. The molecule has 0 spiro atoms. The maximum Gasteiger partial charge on any atom is 0.164 e. The molecule has 0 fully saturated rings. The van der Waals surface area contributed by atoms with Gasteiger partial charge in [0, 0.05) is 45.4 Å². The first kappa shape index (κ1) is 32.0. The van der Waals surface area contributed by atoms with E-state index >= 15 is 0 Å². The van der Waals surface area contributed by atoms with Crippen LogP contribution in [-0.4, -0.2) is 19.5 Å². The van der Waals surface area contributed by atoms with Crippen molar-refractivity contribution in [1.82, 2.24) is 19.5 Å². The summed E-state index contributed by atoms with van der Waals surface area (Å²) in [6.45, 7) is 0. The minimum absolute atomic E-state index is 0.648. The van der Waals surface area contributed by atoms with Gasteiger partial charge in [-0.25, -0.2) is 15.0 Å². The van der Waals surface area contributed by atoms with E-state index < -0.39 is 0 Å². The van der Waals surface area contributed by atoms with Gasteiger partial charge < -0.3 is 4.57 Å². The number of rotatable bonds is 6. The summed E-state index contributed by atoms with van der Waals surface area (Å²) in [5, 5.41) is 1.27. The zero-order chi connectivity index (χ0) is 37.0. The first-order valence-corrected chi connectivity index (χ1v) is 19.1. The summed E-state index contributed by atoms with van der Waals surface area (Å²) in [5.74, 6) is 1.96. The first-order valence-electron chi connectivity index (χ1n) is 19.1. The summed E-state index contributed by atoms with van der Waals surface area (Å²) >= 11 is 0. The molecule has 0 saturated carbocycles. The van der Waals surface area contributed by atoms with Gasteiger partial charge in [-0.2, -0.15) is 0 Å². The number of para-hydroxylation sites is 2. The molecule has 0 atom stereocenters. The van der Waals surface area contributed by atoms with Gasteiger partial charge in [0.15, 0.2) is 17.5 Å². The number of aromatic nitrogens is 4. The lowest BCUT2D eigenvalue weighted by Crippen LogP contribution is -2.04. The molecule has 262 valence electrons. The molecule has 0 unspecified atom stereocenters. The van der Waals surface area contributed by atoms with Gasteiger partial charge in [-0.05, 0) is 74.9 Å². The van der Waals surface area contributed by atoms with Crippen LogP contribution in [0.4, 0.5) is 0 Å². The van der Waals surface area contributed by atoms with Gasteiger partial charge in [-0.1, -0.05) is 164 Å². The molecule has 4 nitrogen and oxygen atoms in total. The Hall–Kier alpha value is -7.43. The number of hydrogen-bond acceptors (Lipinski definition) is 3. The predicted molar refractivity (Wildman–Crippen MR) is 230 cm³/mol. The molecule has 0 aliphatic heterocycles. The SMILES string of the molecule is C1=CC(c2cccc3c2-c2c(-c4cccc(-c5nc(-c6ccccc6)nc(-c6ccccc6)n5)c4)cccc2-3)=Cc2c(n(-c3ccccc3)c3ccccc23)C1. The zero-order valence-electron chi connectivity index (χ0n) is 30.5. The Bertz CT molecular complexity index is 2970. The van der Waals surface area contributed by atoms with E-state index in [-0.39, 0.29) is 0 Å². The Kier molecular flexibility index (Phi) is 7.52. The maximum atomic E-state index is 5.03. The van der Waals surface area contributed by atoms with E-state index in [2.05, 4.69) is 138 Å². The first-order chi connectivity index (χ1) is 27.8. The van der Waals surface area contributed by atoms with E-state index in [1.807, 2.05) is 60.7 Å². The predicted octanol–water partition coefficient (Wildman–Crippen LogP) is 12.8. The molecular weight excluding hydrogens is 681 g/mol. The van der Waals surface area contributed by atoms with Crippen molar-refractivity contribution < 1.29 is 0 Å². The molecule has 7 aromatic carbocycles. The highest BCUT2D eigenvalue weighted by atomic mass is 15.0. The molecular formula is C52H34N4. The van der Waals surface area contributed by atoms with E-state index in [0.717, 1.165) is 28.7 Å². The summed E-state index contributed by atoms with van der Waals surface area (Å²) in [5.41, 5.74) is 17.8. The van der Waals surface area contributed by atoms with Gasteiger partial charge in [0.05, 0.1) is 5.52 Å². The number of fused-ring (bicyclic) bond motifs is 7. The average molecular weight is 715 g/mol. The number of hydrogen-bond donors (Lipinski definition) is 0. The lowest BCUT2D eigenvalue weighted by Gasteiger charge is -2.30. The Morgan fingerprint density at radius 1 is 0.429 bits per heavy atom. The van der Waals surface area contributed by atoms with Crippen molar-refractivity contribution in [3.05, 3.63) is 205 Å². The number of benzene rings is 7. The fourth-order valence-corrected chi connectivity index (χ4v) is 8.49. The van der Waals surface area contributed by atoms with Crippen LogP contribution in [0.2, 0.25) is 0 Å². The largest absolute Gasteiger partial charge is 0.313 e. The van der Waals surface area contributed by atoms with Crippen LogP contribution >= 0.6 is 0 Å². The van der Waals surface area contributed by atoms with Crippen molar-refractivity contribution in [2.45, 2.75) is 6.42 Å². The number of nitrogens with zero attached hydrogens (tertiary/aromatic N) is 4. The summed E-state index contributed by atoms with van der Waals surface area (Å²) in [6, 6.07) is 61.8. The van der Waals surface area contributed by atoms with Gasteiger partial charge >= 0.3 is 0 Å². The molecule has 56 heavy (non-hydrogen) atoms. The molecule has 0 saturated heterocycles. The third kappa shape index (κ3) is 5.26.